The highest BCUT2D eigenvalue weighted by molar-refractivity contribution is 6.21. The first-order valence-electron chi connectivity index (χ1n) is 8.46. The standard InChI is InChI=1S/C19H24O11/c1-26-11(8-13(19(25)30-5)15(21)10-17(23)28-3)6-7-12(18(24)29-4)14(20)9-16(22)27-2/h7-8,11H,6,9-10H2,1-5H3/b12-7+,13-8-. The van der Waals surface area contributed by atoms with Crippen LogP contribution in [0.3, 0.4) is 0 Å². The van der Waals surface area contributed by atoms with Gasteiger partial charge in [0.25, 0.3) is 0 Å². The molecule has 0 saturated carbocycles. The summed E-state index contributed by atoms with van der Waals surface area (Å²) in [6.07, 6.45) is -0.273. The minimum atomic E-state index is -1.01. The molecule has 0 amide bonds. The zero-order valence-electron chi connectivity index (χ0n) is 17.3. The van der Waals surface area contributed by atoms with Gasteiger partial charge in [-0.2, -0.15) is 0 Å². The van der Waals surface area contributed by atoms with Crippen LogP contribution in [0.1, 0.15) is 19.3 Å². The third kappa shape index (κ3) is 8.78. The SMILES string of the molecule is COC(=O)CC(=O)/C(=C/C(C/C=C(\C(=O)CC(=O)OC)C(=O)OC)OC)C(=O)OC. The molecular formula is C19H24O11. The van der Waals surface area contributed by atoms with E-state index in [0.717, 1.165) is 40.6 Å². The van der Waals surface area contributed by atoms with Crippen molar-refractivity contribution in [3.05, 3.63) is 23.3 Å². The smallest absolute Gasteiger partial charge is 0.341 e. The molecule has 0 spiro atoms. The van der Waals surface area contributed by atoms with Crippen LogP contribution < -0.4 is 0 Å². The molecule has 11 heteroatoms. The maximum Gasteiger partial charge on any atom is 0.341 e. The lowest BCUT2D eigenvalue weighted by Crippen LogP contribution is -2.22. The van der Waals surface area contributed by atoms with Crippen molar-refractivity contribution >= 4 is 35.4 Å². The minimum absolute atomic E-state index is 0.153. The molecule has 0 rings (SSSR count). The molecule has 1 atom stereocenters. The van der Waals surface area contributed by atoms with Gasteiger partial charge >= 0.3 is 23.9 Å². The van der Waals surface area contributed by atoms with Crippen molar-refractivity contribution in [2.75, 3.05) is 35.5 Å². The van der Waals surface area contributed by atoms with Crippen molar-refractivity contribution < 1.29 is 52.5 Å². The van der Waals surface area contributed by atoms with Crippen molar-refractivity contribution in [3.8, 4) is 0 Å². The van der Waals surface area contributed by atoms with Gasteiger partial charge in [-0.15, -0.1) is 0 Å². The van der Waals surface area contributed by atoms with E-state index in [1.165, 1.54) is 7.11 Å². The molecule has 0 heterocycles. The quantitative estimate of drug-likeness (QED) is 0.134. The molecule has 166 valence electrons. The molecule has 0 aromatic heterocycles. The van der Waals surface area contributed by atoms with Gasteiger partial charge < -0.3 is 23.7 Å². The van der Waals surface area contributed by atoms with Gasteiger partial charge in [0.05, 0.1) is 40.1 Å². The van der Waals surface area contributed by atoms with Crippen LogP contribution in [0.25, 0.3) is 0 Å². The normalized spacial score (nSPS) is 12.4. The van der Waals surface area contributed by atoms with Gasteiger partial charge in [-0.25, -0.2) is 9.59 Å². The third-order valence-corrected chi connectivity index (χ3v) is 3.69. The molecule has 0 N–H and O–H groups in total. The van der Waals surface area contributed by atoms with Crippen LogP contribution in [0, 0.1) is 0 Å². The summed E-state index contributed by atoms with van der Waals surface area (Å²) in [5.41, 5.74) is -0.900. The summed E-state index contributed by atoms with van der Waals surface area (Å²) in [4.78, 5) is 70.7. The first kappa shape index (κ1) is 26.7. The highest BCUT2D eigenvalue weighted by atomic mass is 16.5. The average Bonchev–Trinajstić information content (AvgIpc) is 2.74. The van der Waals surface area contributed by atoms with E-state index in [1.54, 1.807) is 0 Å². The van der Waals surface area contributed by atoms with Gasteiger partial charge in [-0.3, -0.25) is 19.2 Å². The minimum Gasteiger partial charge on any atom is -0.469 e. The van der Waals surface area contributed by atoms with E-state index >= 15 is 0 Å². The molecule has 0 fully saturated rings. The van der Waals surface area contributed by atoms with Crippen molar-refractivity contribution in [1.82, 2.24) is 0 Å². The van der Waals surface area contributed by atoms with E-state index in [1.807, 2.05) is 0 Å². The summed E-state index contributed by atoms with van der Waals surface area (Å²) < 4.78 is 23.0. The van der Waals surface area contributed by atoms with E-state index in [0.29, 0.717) is 0 Å². The molecule has 0 aliphatic heterocycles. The molecule has 0 aromatic rings. The Hall–Kier alpha value is -3.34. The third-order valence-electron chi connectivity index (χ3n) is 3.69. The van der Waals surface area contributed by atoms with Gasteiger partial charge in [-0.1, -0.05) is 6.08 Å². The Bertz CT molecular complexity index is 746. The number of carbonyl (C=O) groups excluding carboxylic acids is 6. The fourth-order valence-corrected chi connectivity index (χ4v) is 2.05. The zero-order chi connectivity index (χ0) is 23.3. The summed E-state index contributed by atoms with van der Waals surface area (Å²) >= 11 is 0. The van der Waals surface area contributed by atoms with Crippen molar-refractivity contribution in [2.45, 2.75) is 25.4 Å². The molecule has 0 radical (unpaired) electrons. The Morgan fingerprint density at radius 1 is 0.667 bits per heavy atom. The number of hydrogen-bond acceptors (Lipinski definition) is 11. The fourth-order valence-electron chi connectivity index (χ4n) is 2.05. The second-order valence-electron chi connectivity index (χ2n) is 5.54. The predicted molar refractivity (Wildman–Crippen MR) is 98.9 cm³/mol. The molecule has 0 saturated heterocycles. The molecule has 1 unspecified atom stereocenters. The number of esters is 4. The highest BCUT2D eigenvalue weighted by Gasteiger charge is 2.25. The van der Waals surface area contributed by atoms with Crippen LogP contribution in [0.5, 0.6) is 0 Å². The summed E-state index contributed by atoms with van der Waals surface area (Å²) in [7, 11) is 5.52. The average molecular weight is 428 g/mol. The monoisotopic (exact) mass is 428 g/mol. The highest BCUT2D eigenvalue weighted by Crippen LogP contribution is 2.13. The Labute approximate surface area is 172 Å². The fraction of sp³-hybridized carbons (Fsp3) is 0.474. The van der Waals surface area contributed by atoms with E-state index in [2.05, 4.69) is 18.9 Å². The lowest BCUT2D eigenvalue weighted by Gasteiger charge is -2.12. The second kappa shape index (κ2) is 13.8. The molecule has 0 bridgehead atoms. The summed E-state index contributed by atoms with van der Waals surface area (Å²) in [5.74, 6) is -5.41. The Balaban J connectivity index is 5.78. The first-order valence-corrected chi connectivity index (χ1v) is 8.46. The number of carbonyl (C=O) groups is 6. The topological polar surface area (TPSA) is 149 Å². The lowest BCUT2D eigenvalue weighted by atomic mass is 10.0. The predicted octanol–water partition coefficient (Wildman–Crippen LogP) is -0.145. The lowest BCUT2D eigenvalue weighted by molar-refractivity contribution is -0.145. The van der Waals surface area contributed by atoms with Crippen LogP contribution in [0.2, 0.25) is 0 Å². The van der Waals surface area contributed by atoms with Crippen LogP contribution >= 0.6 is 0 Å². The molecule has 0 aliphatic rings. The van der Waals surface area contributed by atoms with Gasteiger partial charge in [0.1, 0.15) is 18.4 Å². The zero-order valence-corrected chi connectivity index (χ0v) is 17.3. The van der Waals surface area contributed by atoms with E-state index < -0.39 is 65.5 Å². The molecule has 0 aromatic carbocycles. The van der Waals surface area contributed by atoms with Gasteiger partial charge in [0.2, 0.25) is 0 Å². The first-order chi connectivity index (χ1) is 14.1. The number of rotatable bonds is 12. The van der Waals surface area contributed by atoms with Gasteiger partial charge in [0.15, 0.2) is 11.6 Å². The maximum atomic E-state index is 12.2. The van der Waals surface area contributed by atoms with Crippen LogP contribution in [0.4, 0.5) is 0 Å². The summed E-state index contributed by atoms with van der Waals surface area (Å²) in [6, 6.07) is 0. The van der Waals surface area contributed by atoms with Crippen molar-refractivity contribution in [2.24, 2.45) is 0 Å². The molecule has 0 aliphatic carbocycles. The van der Waals surface area contributed by atoms with E-state index in [9.17, 15) is 28.8 Å². The number of ether oxygens (including phenoxy) is 5. The van der Waals surface area contributed by atoms with Gasteiger partial charge in [0, 0.05) is 7.11 Å². The Morgan fingerprint density at radius 2 is 1.10 bits per heavy atom. The van der Waals surface area contributed by atoms with Crippen molar-refractivity contribution in [1.29, 1.82) is 0 Å². The number of Topliss-reactive ketones (excluding diaryl/α,β-unsaturated/α-hetero) is 2. The largest absolute Gasteiger partial charge is 0.469 e. The Morgan fingerprint density at radius 3 is 1.50 bits per heavy atom. The van der Waals surface area contributed by atoms with Crippen LogP contribution in [-0.2, 0) is 52.5 Å². The number of ketones is 2. The van der Waals surface area contributed by atoms with Crippen LogP contribution in [0.15, 0.2) is 23.3 Å². The van der Waals surface area contributed by atoms with E-state index in [-0.39, 0.29) is 6.42 Å². The molecule has 11 nitrogen and oxygen atoms in total. The summed E-state index contributed by atoms with van der Waals surface area (Å²) in [6.45, 7) is 0. The second-order valence-corrected chi connectivity index (χ2v) is 5.54. The number of methoxy groups -OCH3 is 5. The summed E-state index contributed by atoms with van der Waals surface area (Å²) in [5, 5.41) is 0. The van der Waals surface area contributed by atoms with Crippen LogP contribution in [-0.4, -0.2) is 77.1 Å². The molecule has 30 heavy (non-hydrogen) atoms. The maximum absolute atomic E-state index is 12.2. The Kier molecular flexibility index (Phi) is 12.2. The van der Waals surface area contributed by atoms with Crippen molar-refractivity contribution in [3.63, 3.8) is 0 Å². The molecular weight excluding hydrogens is 404 g/mol. The van der Waals surface area contributed by atoms with E-state index in [4.69, 9.17) is 4.74 Å². The van der Waals surface area contributed by atoms with Gasteiger partial charge in [-0.05, 0) is 12.5 Å². The number of hydrogen-bond donors (Lipinski definition) is 0.